The van der Waals surface area contributed by atoms with Crippen molar-refractivity contribution in [2.45, 2.75) is 11.8 Å². The summed E-state index contributed by atoms with van der Waals surface area (Å²) in [5.41, 5.74) is 3.12. The average Bonchev–Trinajstić information content (AvgIpc) is 3.05. The molecule has 0 aliphatic carbocycles. The minimum atomic E-state index is -3.15. The summed E-state index contributed by atoms with van der Waals surface area (Å²) in [6.07, 6.45) is -0.886. The fourth-order valence-electron chi connectivity index (χ4n) is 4.49. The summed E-state index contributed by atoms with van der Waals surface area (Å²) in [6, 6.07) is 35.2. The Morgan fingerprint density at radius 3 is 1.48 bits per heavy atom. The van der Waals surface area contributed by atoms with E-state index in [0.717, 1.165) is 32.9 Å². The third-order valence-corrected chi connectivity index (χ3v) is 9.36. The molecule has 0 aromatic heterocycles. The van der Waals surface area contributed by atoms with Crippen LogP contribution >= 0.6 is 7.14 Å². The highest BCUT2D eigenvalue weighted by atomic mass is 31.2. The summed E-state index contributed by atoms with van der Waals surface area (Å²) in [5.74, 6) is 0. The molecule has 0 unspecified atom stereocenters. The second-order valence-corrected chi connectivity index (χ2v) is 10.2. The lowest BCUT2D eigenvalue weighted by atomic mass is 10.0. The maximum absolute atomic E-state index is 15.0. The molecule has 0 fully saturated rings. The van der Waals surface area contributed by atoms with Crippen molar-refractivity contribution in [3.8, 4) is 11.1 Å². The van der Waals surface area contributed by atoms with E-state index in [0.29, 0.717) is 0 Å². The second-order valence-electron chi connectivity index (χ2n) is 7.40. The molecule has 0 saturated carbocycles. The molecule has 142 valence electrons. The topological polar surface area (TPSA) is 37.3 Å². The van der Waals surface area contributed by atoms with Crippen LogP contribution in [0.1, 0.15) is 22.9 Å². The van der Waals surface area contributed by atoms with E-state index >= 15 is 4.57 Å². The quantitative estimate of drug-likeness (QED) is 0.466. The number of hydrogen-bond donors (Lipinski definition) is 1. The van der Waals surface area contributed by atoms with Gasteiger partial charge < -0.3 is 9.67 Å². The van der Waals surface area contributed by atoms with Gasteiger partial charge in [-0.15, -0.1) is 0 Å². The maximum Gasteiger partial charge on any atom is 0.154 e. The van der Waals surface area contributed by atoms with Crippen molar-refractivity contribution < 1.29 is 9.67 Å². The Morgan fingerprint density at radius 2 is 0.966 bits per heavy atom. The predicted octanol–water partition coefficient (Wildman–Crippen LogP) is 5.46. The van der Waals surface area contributed by atoms with Crippen molar-refractivity contribution in [2.24, 2.45) is 0 Å². The summed E-state index contributed by atoms with van der Waals surface area (Å²) in [4.78, 5) is 0. The first-order chi connectivity index (χ1) is 14.2. The molecular formula is C26H21O2P. The number of rotatable bonds is 4. The highest BCUT2D eigenvalue weighted by Crippen LogP contribution is 2.66. The van der Waals surface area contributed by atoms with E-state index in [9.17, 15) is 5.11 Å². The van der Waals surface area contributed by atoms with Crippen LogP contribution in [0.15, 0.2) is 109 Å². The van der Waals surface area contributed by atoms with Crippen LogP contribution in [0.4, 0.5) is 0 Å². The molecule has 0 amide bonds. The Balaban J connectivity index is 1.80. The molecule has 4 aromatic rings. The molecule has 0 spiro atoms. The molecule has 1 aliphatic heterocycles. The predicted molar refractivity (Wildman–Crippen MR) is 119 cm³/mol. The molecule has 4 aromatic carbocycles. The molecule has 1 aliphatic rings. The summed E-state index contributed by atoms with van der Waals surface area (Å²) in [5, 5.41) is 13.2. The zero-order valence-corrected chi connectivity index (χ0v) is 16.7. The van der Waals surface area contributed by atoms with Crippen molar-refractivity contribution in [2.75, 3.05) is 0 Å². The summed E-state index contributed by atoms with van der Waals surface area (Å²) in [7, 11) is -3.15. The third kappa shape index (κ3) is 2.80. The van der Waals surface area contributed by atoms with E-state index in [4.69, 9.17) is 0 Å². The monoisotopic (exact) mass is 396 g/mol. The SMILES string of the molecule is O=P1([C@H](c2ccccc2)[C@@H](O)c2ccccc2)c2ccccc2-c2ccccc21. The van der Waals surface area contributed by atoms with Crippen LogP contribution in [0, 0.1) is 0 Å². The van der Waals surface area contributed by atoms with E-state index in [1.807, 2.05) is 109 Å². The van der Waals surface area contributed by atoms with Gasteiger partial charge in [-0.05, 0) is 22.3 Å². The van der Waals surface area contributed by atoms with E-state index in [-0.39, 0.29) is 0 Å². The van der Waals surface area contributed by atoms with Crippen LogP contribution in [0.5, 0.6) is 0 Å². The average molecular weight is 396 g/mol. The van der Waals surface area contributed by atoms with E-state index < -0.39 is 18.9 Å². The molecule has 2 atom stereocenters. The Bertz CT molecular complexity index is 1150. The first-order valence-electron chi connectivity index (χ1n) is 9.78. The molecule has 5 rings (SSSR count). The van der Waals surface area contributed by atoms with Crippen LogP contribution in [0.25, 0.3) is 11.1 Å². The number of hydrogen-bond acceptors (Lipinski definition) is 2. The molecule has 2 nitrogen and oxygen atoms in total. The Labute approximate surface area is 170 Å². The van der Waals surface area contributed by atoms with Crippen molar-refractivity contribution in [1.29, 1.82) is 0 Å². The number of fused-ring (bicyclic) bond motifs is 3. The molecule has 29 heavy (non-hydrogen) atoms. The van der Waals surface area contributed by atoms with Crippen LogP contribution in [-0.4, -0.2) is 5.11 Å². The van der Waals surface area contributed by atoms with Crippen molar-refractivity contribution in [1.82, 2.24) is 0 Å². The second kappa shape index (κ2) is 7.15. The molecule has 1 heterocycles. The molecular weight excluding hydrogens is 375 g/mol. The van der Waals surface area contributed by atoms with E-state index in [1.165, 1.54) is 0 Å². The lowest BCUT2D eigenvalue weighted by Crippen LogP contribution is -2.22. The zero-order chi connectivity index (χ0) is 19.8. The Hall–Kier alpha value is -2.93. The van der Waals surface area contributed by atoms with Crippen molar-refractivity contribution in [3.63, 3.8) is 0 Å². The van der Waals surface area contributed by atoms with Crippen LogP contribution in [-0.2, 0) is 4.57 Å². The minimum Gasteiger partial charge on any atom is -0.387 e. The summed E-state index contributed by atoms with van der Waals surface area (Å²) in [6.45, 7) is 0. The standard InChI is InChI=1S/C26H21O2P/c27-25(19-11-3-1-4-12-19)26(20-13-5-2-6-14-20)29(28)23-17-9-7-15-21(23)22-16-8-10-18-24(22)29/h1-18,25-27H/t25-,26+/m0/s1. The first kappa shape index (κ1) is 18.1. The lowest BCUT2D eigenvalue weighted by Gasteiger charge is -2.31. The van der Waals surface area contributed by atoms with Crippen molar-refractivity contribution in [3.05, 3.63) is 120 Å². The number of aliphatic hydroxyl groups is 1. The number of aliphatic hydroxyl groups excluding tert-OH is 1. The molecule has 3 heteroatoms. The molecule has 0 radical (unpaired) electrons. The fourth-order valence-corrected chi connectivity index (χ4v) is 8.23. The van der Waals surface area contributed by atoms with Gasteiger partial charge in [-0.1, -0.05) is 109 Å². The van der Waals surface area contributed by atoms with Gasteiger partial charge in [0.1, 0.15) is 0 Å². The lowest BCUT2D eigenvalue weighted by molar-refractivity contribution is 0.171. The van der Waals surface area contributed by atoms with Crippen LogP contribution in [0.2, 0.25) is 0 Å². The van der Waals surface area contributed by atoms with Gasteiger partial charge in [0, 0.05) is 10.6 Å². The normalized spacial score (nSPS) is 15.9. The van der Waals surface area contributed by atoms with Gasteiger partial charge >= 0.3 is 0 Å². The fraction of sp³-hybridized carbons (Fsp3) is 0.0769. The van der Waals surface area contributed by atoms with E-state index in [1.54, 1.807) is 0 Å². The molecule has 0 saturated heterocycles. The molecule has 0 bridgehead atoms. The highest BCUT2D eigenvalue weighted by Gasteiger charge is 2.48. The molecule has 1 N–H and O–H groups in total. The maximum atomic E-state index is 15.0. The largest absolute Gasteiger partial charge is 0.387 e. The minimum absolute atomic E-state index is 0.559. The number of benzene rings is 4. The Morgan fingerprint density at radius 1 is 0.552 bits per heavy atom. The smallest absolute Gasteiger partial charge is 0.154 e. The van der Waals surface area contributed by atoms with Crippen LogP contribution < -0.4 is 10.6 Å². The van der Waals surface area contributed by atoms with Crippen molar-refractivity contribution >= 4 is 17.8 Å². The van der Waals surface area contributed by atoms with Gasteiger partial charge in [0.05, 0.1) is 11.8 Å². The summed E-state index contributed by atoms with van der Waals surface area (Å²) >= 11 is 0. The van der Waals surface area contributed by atoms with Gasteiger partial charge in [0.25, 0.3) is 0 Å². The summed E-state index contributed by atoms with van der Waals surface area (Å²) < 4.78 is 15.0. The van der Waals surface area contributed by atoms with Gasteiger partial charge in [0.15, 0.2) is 7.14 Å². The van der Waals surface area contributed by atoms with Gasteiger partial charge in [-0.2, -0.15) is 0 Å². The van der Waals surface area contributed by atoms with Crippen LogP contribution in [0.3, 0.4) is 0 Å². The van der Waals surface area contributed by atoms with Gasteiger partial charge in [-0.25, -0.2) is 0 Å². The zero-order valence-electron chi connectivity index (χ0n) is 15.8. The van der Waals surface area contributed by atoms with E-state index in [2.05, 4.69) is 0 Å². The highest BCUT2D eigenvalue weighted by molar-refractivity contribution is 7.80. The first-order valence-corrected chi connectivity index (χ1v) is 11.6. The van der Waals surface area contributed by atoms with Gasteiger partial charge in [-0.3, -0.25) is 0 Å². The van der Waals surface area contributed by atoms with Gasteiger partial charge in [0.2, 0.25) is 0 Å². The Kier molecular flexibility index (Phi) is 4.47. The third-order valence-electron chi connectivity index (χ3n) is 5.79.